The van der Waals surface area contributed by atoms with Crippen LogP contribution in [0.3, 0.4) is 0 Å². The lowest BCUT2D eigenvalue weighted by atomic mass is 10.2. The standard InChI is InChI=1S/C7H8ClNO3S2/c1-6-2-4-7(5-3-6)14(11,12)9-13(8)10/h2-5,13H,1H3. The fourth-order valence-corrected chi connectivity index (χ4v) is 3.11. The Kier molecular flexibility index (Phi) is 3.52. The molecular weight excluding hydrogens is 246 g/mol. The van der Waals surface area contributed by atoms with Crippen LogP contribution in [0.5, 0.6) is 0 Å². The normalized spacial score (nSPS) is 14.1. The Balaban J connectivity index is 3.25. The predicted octanol–water partition coefficient (Wildman–Crippen LogP) is 1.50. The van der Waals surface area contributed by atoms with E-state index in [-0.39, 0.29) is 4.90 Å². The highest BCUT2D eigenvalue weighted by atomic mass is 35.7. The fourth-order valence-electron chi connectivity index (χ4n) is 0.842. The molecule has 4 nitrogen and oxygen atoms in total. The smallest absolute Gasteiger partial charge is 0.236 e. The lowest BCUT2D eigenvalue weighted by Gasteiger charge is -1.97. The quantitative estimate of drug-likeness (QED) is 0.642. The molecule has 0 radical (unpaired) electrons. The molecule has 0 aliphatic rings. The number of nitrogens with zero attached hydrogens (tertiary/aromatic N) is 1. The van der Waals surface area contributed by atoms with E-state index >= 15 is 0 Å². The highest BCUT2D eigenvalue weighted by molar-refractivity contribution is 8.06. The molecule has 0 aliphatic heterocycles. The summed E-state index contributed by atoms with van der Waals surface area (Å²) in [5.74, 6) is 0. The molecule has 0 amide bonds. The summed E-state index contributed by atoms with van der Waals surface area (Å²) < 4.78 is 36.1. The summed E-state index contributed by atoms with van der Waals surface area (Å²) in [4.78, 5) is -0.00731. The van der Waals surface area contributed by atoms with Gasteiger partial charge in [0.15, 0.2) is 0 Å². The Hall–Kier alpha value is -0.590. The van der Waals surface area contributed by atoms with Gasteiger partial charge in [0.1, 0.15) is 9.81 Å². The van der Waals surface area contributed by atoms with Gasteiger partial charge in [0.2, 0.25) is 0 Å². The first-order valence-corrected chi connectivity index (χ1v) is 7.15. The van der Waals surface area contributed by atoms with Crippen molar-refractivity contribution >= 4 is 30.5 Å². The van der Waals surface area contributed by atoms with E-state index in [1.54, 1.807) is 12.1 Å². The SMILES string of the molecule is Cc1ccc(S(=O)(=O)/N=[SH](=O)\Cl)cc1. The molecule has 0 saturated heterocycles. The van der Waals surface area contributed by atoms with Crippen molar-refractivity contribution in [3.05, 3.63) is 29.8 Å². The Labute approximate surface area is 88.7 Å². The van der Waals surface area contributed by atoms with Crippen molar-refractivity contribution in [2.45, 2.75) is 11.8 Å². The Morgan fingerprint density at radius 2 is 1.79 bits per heavy atom. The molecule has 1 rings (SSSR count). The summed E-state index contributed by atoms with van der Waals surface area (Å²) in [6, 6.07) is 6.04. The van der Waals surface area contributed by atoms with E-state index in [1.165, 1.54) is 12.1 Å². The average Bonchev–Trinajstić information content (AvgIpc) is 2.02. The molecule has 7 heteroatoms. The number of hydrogen-bond acceptors (Lipinski definition) is 3. The van der Waals surface area contributed by atoms with Gasteiger partial charge in [-0.15, -0.1) is 0 Å². The van der Waals surface area contributed by atoms with E-state index < -0.39 is 19.8 Å². The maximum Gasteiger partial charge on any atom is 0.290 e. The van der Waals surface area contributed by atoms with Gasteiger partial charge in [0.05, 0.1) is 4.90 Å². The van der Waals surface area contributed by atoms with Crippen molar-refractivity contribution in [2.75, 3.05) is 0 Å². The third kappa shape index (κ3) is 2.97. The third-order valence-corrected chi connectivity index (χ3v) is 4.29. The lowest BCUT2D eigenvalue weighted by molar-refractivity contribution is 0.598. The molecule has 1 aromatic carbocycles. The van der Waals surface area contributed by atoms with Crippen molar-refractivity contribution in [3.8, 4) is 0 Å². The van der Waals surface area contributed by atoms with Gasteiger partial charge in [-0.05, 0) is 29.7 Å². The first-order chi connectivity index (χ1) is 6.42. The van der Waals surface area contributed by atoms with Crippen LogP contribution in [0.25, 0.3) is 0 Å². The molecule has 0 fully saturated rings. The third-order valence-electron chi connectivity index (χ3n) is 1.49. The minimum Gasteiger partial charge on any atom is -0.236 e. The van der Waals surface area contributed by atoms with Crippen molar-refractivity contribution in [1.82, 2.24) is 0 Å². The van der Waals surface area contributed by atoms with Crippen LogP contribution in [0.15, 0.2) is 32.9 Å². The lowest BCUT2D eigenvalue weighted by Crippen LogP contribution is -1.95. The van der Waals surface area contributed by atoms with E-state index in [0.29, 0.717) is 0 Å². The highest BCUT2D eigenvalue weighted by Gasteiger charge is 2.11. The molecule has 0 aliphatic carbocycles. The van der Waals surface area contributed by atoms with Crippen LogP contribution in [-0.4, -0.2) is 12.6 Å². The molecule has 0 bridgehead atoms. The van der Waals surface area contributed by atoms with Crippen molar-refractivity contribution in [1.29, 1.82) is 0 Å². The van der Waals surface area contributed by atoms with Crippen LogP contribution < -0.4 is 0 Å². The number of benzene rings is 1. The maximum atomic E-state index is 11.3. The van der Waals surface area contributed by atoms with Gasteiger partial charge < -0.3 is 0 Å². The van der Waals surface area contributed by atoms with E-state index in [2.05, 4.69) is 3.77 Å². The van der Waals surface area contributed by atoms with Gasteiger partial charge in [0.25, 0.3) is 10.0 Å². The molecule has 1 atom stereocenters. The number of sulfonamides is 1. The van der Waals surface area contributed by atoms with E-state index in [0.717, 1.165) is 5.56 Å². The minimum atomic E-state index is -3.87. The summed E-state index contributed by atoms with van der Waals surface area (Å²) in [5.41, 5.74) is 0.930. The molecule has 0 saturated carbocycles. The van der Waals surface area contributed by atoms with Crippen LogP contribution in [0, 0.1) is 6.92 Å². The summed E-state index contributed by atoms with van der Waals surface area (Å²) in [6.45, 7) is 1.83. The second-order valence-electron chi connectivity index (χ2n) is 2.60. The van der Waals surface area contributed by atoms with E-state index in [4.69, 9.17) is 10.7 Å². The minimum absolute atomic E-state index is 0.00731. The van der Waals surface area contributed by atoms with Crippen molar-refractivity contribution in [3.63, 3.8) is 0 Å². The molecule has 78 valence electrons. The Morgan fingerprint density at radius 3 is 2.21 bits per heavy atom. The summed E-state index contributed by atoms with van der Waals surface area (Å²) >= 11 is 0. The highest BCUT2D eigenvalue weighted by Crippen LogP contribution is 2.13. The molecule has 0 aromatic heterocycles. The van der Waals surface area contributed by atoms with Gasteiger partial charge in [0, 0.05) is 0 Å². The number of aryl methyl sites for hydroxylation is 1. The zero-order valence-corrected chi connectivity index (χ0v) is 9.68. The Morgan fingerprint density at radius 1 is 1.29 bits per heavy atom. The summed E-state index contributed by atoms with van der Waals surface area (Å²) in [6.07, 6.45) is 0. The number of rotatable bonds is 2. The molecule has 0 N–H and O–H groups in total. The summed E-state index contributed by atoms with van der Waals surface area (Å²) in [7, 11) is -1.42. The van der Waals surface area contributed by atoms with Crippen molar-refractivity contribution in [2.24, 2.45) is 3.77 Å². The number of hydrogen-bond donors (Lipinski definition) is 1. The van der Waals surface area contributed by atoms with Crippen molar-refractivity contribution < 1.29 is 12.6 Å². The zero-order chi connectivity index (χ0) is 10.8. The Bertz CT molecular complexity index is 500. The van der Waals surface area contributed by atoms with Gasteiger partial charge in [-0.2, -0.15) is 8.42 Å². The van der Waals surface area contributed by atoms with Crippen LogP contribution in [0.4, 0.5) is 0 Å². The zero-order valence-electron chi connectivity index (χ0n) is 7.21. The van der Waals surface area contributed by atoms with Crippen LogP contribution in [0.2, 0.25) is 0 Å². The second kappa shape index (κ2) is 4.29. The number of thiol groups is 1. The fraction of sp³-hybridized carbons (Fsp3) is 0.143. The van der Waals surface area contributed by atoms with Gasteiger partial charge in [-0.3, -0.25) is 0 Å². The van der Waals surface area contributed by atoms with Crippen LogP contribution >= 0.6 is 10.7 Å². The van der Waals surface area contributed by atoms with Gasteiger partial charge in [-0.25, -0.2) is 4.21 Å². The largest absolute Gasteiger partial charge is 0.290 e. The van der Waals surface area contributed by atoms with E-state index in [1.807, 2.05) is 6.92 Å². The maximum absolute atomic E-state index is 11.3. The predicted molar refractivity (Wildman–Crippen MR) is 56.2 cm³/mol. The van der Waals surface area contributed by atoms with E-state index in [9.17, 15) is 12.6 Å². The van der Waals surface area contributed by atoms with Gasteiger partial charge >= 0.3 is 0 Å². The topological polar surface area (TPSA) is 63.6 Å². The molecule has 0 spiro atoms. The molecular formula is C7H8ClNO3S2. The molecule has 1 aromatic rings. The van der Waals surface area contributed by atoms with Crippen LogP contribution in [-0.2, 0) is 19.8 Å². The first kappa shape index (κ1) is 11.5. The molecule has 0 heterocycles. The molecule has 14 heavy (non-hydrogen) atoms. The van der Waals surface area contributed by atoms with Crippen LogP contribution in [0.1, 0.15) is 5.56 Å². The summed E-state index contributed by atoms with van der Waals surface area (Å²) in [5, 5.41) is 0. The number of halogens is 1. The second-order valence-corrected chi connectivity index (χ2v) is 5.99. The monoisotopic (exact) mass is 253 g/mol. The van der Waals surface area contributed by atoms with Gasteiger partial charge in [-0.1, -0.05) is 21.5 Å². The average molecular weight is 254 g/mol. The first-order valence-electron chi connectivity index (χ1n) is 3.59. The molecule has 1 unspecified atom stereocenters.